The van der Waals surface area contributed by atoms with Crippen LogP contribution in [0.2, 0.25) is 0 Å². The number of ether oxygens (including phenoxy) is 1. The number of carbonyl (C=O) groups excluding carboxylic acids is 2. The van der Waals surface area contributed by atoms with Gasteiger partial charge >= 0.3 is 0 Å². The molecule has 1 N–H and O–H groups in total. The molecule has 5 rings (SSSR count). The van der Waals surface area contributed by atoms with Crippen LogP contribution in [0, 0.1) is 17.3 Å². The van der Waals surface area contributed by atoms with Gasteiger partial charge in [-0.15, -0.1) is 0 Å². The molecule has 0 aliphatic heterocycles. The van der Waals surface area contributed by atoms with E-state index in [0.717, 1.165) is 37.9 Å². The summed E-state index contributed by atoms with van der Waals surface area (Å²) in [6, 6.07) is 8.19. The minimum absolute atomic E-state index is 0.00200. The van der Waals surface area contributed by atoms with E-state index in [4.69, 9.17) is 9.84 Å². The first-order valence-corrected chi connectivity index (χ1v) is 11.3. The summed E-state index contributed by atoms with van der Waals surface area (Å²) in [6.45, 7) is 2.49. The lowest BCUT2D eigenvalue weighted by Gasteiger charge is -2.50. The van der Waals surface area contributed by atoms with Crippen LogP contribution in [0.4, 0.5) is 0 Å². The Morgan fingerprint density at radius 1 is 1.07 bits per heavy atom. The number of benzene rings is 1. The van der Waals surface area contributed by atoms with Gasteiger partial charge in [-0.1, -0.05) is 24.6 Å². The monoisotopic (exact) mass is 406 g/mol. The quantitative estimate of drug-likeness (QED) is 0.798. The fourth-order valence-electron chi connectivity index (χ4n) is 6.69. The van der Waals surface area contributed by atoms with Crippen LogP contribution in [0.25, 0.3) is 0 Å². The number of aliphatic hydroxyl groups is 1. The number of Topliss-reactive ketones (excluding diaryl/α,β-unsaturated/α-hetero) is 1. The normalized spacial score (nSPS) is 33.0. The molecule has 4 aliphatic carbocycles. The molecule has 1 aromatic carbocycles. The van der Waals surface area contributed by atoms with Crippen molar-refractivity contribution in [2.45, 2.75) is 57.8 Å². The summed E-state index contributed by atoms with van der Waals surface area (Å²) in [6.07, 6.45) is 7.95. The Kier molecular flexibility index (Phi) is 4.93. The summed E-state index contributed by atoms with van der Waals surface area (Å²) >= 11 is 0. The highest BCUT2D eigenvalue weighted by atomic mass is 16.5. The van der Waals surface area contributed by atoms with Gasteiger partial charge in [-0.25, -0.2) is 0 Å². The summed E-state index contributed by atoms with van der Waals surface area (Å²) in [7, 11) is 0. The molecule has 1 aromatic rings. The van der Waals surface area contributed by atoms with Gasteiger partial charge in [0, 0.05) is 24.2 Å². The first kappa shape index (κ1) is 19.7. The molecule has 2 saturated carbocycles. The number of hydrogen-bond acceptors (Lipinski definition) is 4. The number of rotatable bonds is 4. The smallest absolute Gasteiger partial charge is 0.156 e. The Bertz CT molecular complexity index is 938. The fraction of sp³-hybridized carbons (Fsp3) is 0.538. The van der Waals surface area contributed by atoms with Crippen LogP contribution in [0.5, 0.6) is 5.75 Å². The number of allylic oxidation sites excluding steroid dienone is 4. The highest BCUT2D eigenvalue weighted by molar-refractivity contribution is 5.93. The number of fused-ring (bicyclic) bond motifs is 4. The average molecular weight is 407 g/mol. The molecule has 0 saturated heterocycles. The Balaban J connectivity index is 1.59. The van der Waals surface area contributed by atoms with E-state index in [9.17, 15) is 9.59 Å². The van der Waals surface area contributed by atoms with Crippen molar-refractivity contribution in [1.82, 2.24) is 0 Å². The minimum atomic E-state index is -0.239. The van der Waals surface area contributed by atoms with Gasteiger partial charge in [-0.2, -0.15) is 0 Å². The lowest BCUT2D eigenvalue weighted by atomic mass is 9.53. The molecular formula is C26H30O4. The summed E-state index contributed by atoms with van der Waals surface area (Å²) in [5, 5.41) is 8.99. The van der Waals surface area contributed by atoms with Gasteiger partial charge in [-0.3, -0.25) is 9.59 Å². The zero-order valence-corrected chi connectivity index (χ0v) is 17.7. The van der Waals surface area contributed by atoms with Crippen LogP contribution >= 0.6 is 0 Å². The van der Waals surface area contributed by atoms with Crippen molar-refractivity contribution in [2.75, 3.05) is 13.2 Å². The van der Waals surface area contributed by atoms with Crippen molar-refractivity contribution >= 4 is 11.6 Å². The predicted molar refractivity (Wildman–Crippen MR) is 114 cm³/mol. The SMILES string of the molecule is C[C@]12C[C@H](c3ccc(OCCO)cc3)C3=C4CCC(=O)C=C4CC[C@H]3[C@@H]1CCC2=O. The van der Waals surface area contributed by atoms with E-state index >= 15 is 0 Å². The van der Waals surface area contributed by atoms with Crippen molar-refractivity contribution < 1.29 is 19.4 Å². The first-order valence-electron chi connectivity index (χ1n) is 11.3. The molecule has 0 spiro atoms. The fourth-order valence-corrected chi connectivity index (χ4v) is 6.69. The topological polar surface area (TPSA) is 63.6 Å². The summed E-state index contributed by atoms with van der Waals surface area (Å²) < 4.78 is 5.55. The van der Waals surface area contributed by atoms with Gasteiger partial charge in [-0.05, 0) is 78.9 Å². The third-order valence-corrected chi connectivity index (χ3v) is 8.09. The molecule has 4 atom stereocenters. The largest absolute Gasteiger partial charge is 0.491 e. The van der Waals surface area contributed by atoms with Crippen molar-refractivity contribution in [1.29, 1.82) is 0 Å². The van der Waals surface area contributed by atoms with E-state index in [1.807, 2.05) is 18.2 Å². The van der Waals surface area contributed by atoms with E-state index in [1.165, 1.54) is 22.3 Å². The molecular weight excluding hydrogens is 376 g/mol. The highest BCUT2D eigenvalue weighted by Crippen LogP contribution is 2.62. The van der Waals surface area contributed by atoms with Gasteiger partial charge in [0.1, 0.15) is 18.1 Å². The Hall–Kier alpha value is -2.20. The first-order chi connectivity index (χ1) is 14.5. The van der Waals surface area contributed by atoms with Crippen LogP contribution in [-0.2, 0) is 9.59 Å². The second-order valence-corrected chi connectivity index (χ2v) is 9.60. The standard InChI is InChI=1S/C26H30O4/c1-26-15-22(16-2-6-19(7-3-16)30-13-12-27)25-20-9-5-18(28)14-17(20)4-8-21(25)23(26)10-11-24(26)29/h2-3,6-7,14,21-23,27H,4-5,8-13,15H2,1H3/t21-,22+,23-,26-/m0/s1. The zero-order chi connectivity index (χ0) is 20.9. The van der Waals surface area contributed by atoms with E-state index < -0.39 is 0 Å². The maximum absolute atomic E-state index is 13.0. The number of hydrogen-bond donors (Lipinski definition) is 1. The van der Waals surface area contributed by atoms with E-state index in [1.54, 1.807) is 0 Å². The van der Waals surface area contributed by atoms with Gasteiger partial charge in [0.25, 0.3) is 0 Å². The maximum atomic E-state index is 13.0. The summed E-state index contributed by atoms with van der Waals surface area (Å²) in [5.41, 5.74) is 5.17. The molecule has 4 nitrogen and oxygen atoms in total. The number of ketones is 2. The molecule has 0 aromatic heterocycles. The average Bonchev–Trinajstić information content (AvgIpc) is 3.06. The van der Waals surface area contributed by atoms with Crippen molar-refractivity contribution in [3.05, 3.63) is 52.6 Å². The van der Waals surface area contributed by atoms with E-state index in [-0.39, 0.29) is 30.3 Å². The van der Waals surface area contributed by atoms with Gasteiger partial charge in [0.05, 0.1) is 6.61 Å². The molecule has 30 heavy (non-hydrogen) atoms. The zero-order valence-electron chi connectivity index (χ0n) is 17.7. The Morgan fingerprint density at radius 3 is 2.63 bits per heavy atom. The van der Waals surface area contributed by atoms with Crippen molar-refractivity contribution in [3.8, 4) is 5.75 Å². The summed E-state index contributed by atoms with van der Waals surface area (Å²) in [4.78, 5) is 25.0. The lowest BCUT2D eigenvalue weighted by molar-refractivity contribution is -0.128. The predicted octanol–water partition coefficient (Wildman–Crippen LogP) is 4.53. The second-order valence-electron chi connectivity index (χ2n) is 9.60. The van der Waals surface area contributed by atoms with Gasteiger partial charge < -0.3 is 9.84 Å². The van der Waals surface area contributed by atoms with Crippen LogP contribution in [0.3, 0.4) is 0 Å². The molecule has 0 radical (unpaired) electrons. The Morgan fingerprint density at radius 2 is 1.87 bits per heavy atom. The van der Waals surface area contributed by atoms with Crippen molar-refractivity contribution in [2.24, 2.45) is 17.3 Å². The molecule has 4 heteroatoms. The third kappa shape index (κ3) is 3.08. The van der Waals surface area contributed by atoms with Gasteiger partial charge in [0.2, 0.25) is 0 Å². The van der Waals surface area contributed by atoms with E-state index in [0.29, 0.717) is 30.5 Å². The van der Waals surface area contributed by atoms with Crippen molar-refractivity contribution in [3.63, 3.8) is 0 Å². The van der Waals surface area contributed by atoms with Crippen LogP contribution in [0.1, 0.15) is 63.4 Å². The van der Waals surface area contributed by atoms with Crippen LogP contribution in [-0.4, -0.2) is 29.9 Å². The molecule has 0 heterocycles. The van der Waals surface area contributed by atoms with Crippen LogP contribution in [0.15, 0.2) is 47.1 Å². The third-order valence-electron chi connectivity index (χ3n) is 8.09. The molecule has 0 amide bonds. The minimum Gasteiger partial charge on any atom is -0.491 e. The number of aliphatic hydroxyl groups excluding tert-OH is 1. The molecule has 0 unspecified atom stereocenters. The maximum Gasteiger partial charge on any atom is 0.156 e. The number of carbonyl (C=O) groups is 2. The molecule has 4 aliphatic rings. The lowest BCUT2D eigenvalue weighted by Crippen LogP contribution is -2.43. The molecule has 158 valence electrons. The molecule has 2 fully saturated rings. The second kappa shape index (κ2) is 7.49. The van der Waals surface area contributed by atoms with Crippen LogP contribution < -0.4 is 4.74 Å². The highest BCUT2D eigenvalue weighted by Gasteiger charge is 2.56. The molecule has 0 bridgehead atoms. The summed E-state index contributed by atoms with van der Waals surface area (Å²) in [5.74, 6) is 2.56. The van der Waals surface area contributed by atoms with E-state index in [2.05, 4.69) is 19.1 Å². The van der Waals surface area contributed by atoms with Gasteiger partial charge in [0.15, 0.2) is 5.78 Å². The Labute approximate surface area is 178 Å².